The van der Waals surface area contributed by atoms with Gasteiger partial charge in [-0.05, 0) is 44.7 Å². The second-order valence-electron chi connectivity index (χ2n) is 5.24. The van der Waals surface area contributed by atoms with Crippen molar-refractivity contribution in [2.24, 2.45) is 7.05 Å². The van der Waals surface area contributed by atoms with Crippen LogP contribution in [-0.4, -0.2) is 34.3 Å². The van der Waals surface area contributed by atoms with Crippen molar-refractivity contribution in [1.29, 1.82) is 0 Å². The zero-order valence-corrected chi connectivity index (χ0v) is 11.2. The molecule has 1 aliphatic heterocycles. The number of piperidine rings is 1. The third kappa shape index (κ3) is 3.10. The highest BCUT2D eigenvalue weighted by Crippen LogP contribution is 2.18. The maximum absolute atomic E-state index is 12.1. The fourth-order valence-corrected chi connectivity index (χ4v) is 2.37. The minimum Gasteiger partial charge on any atom is -0.354 e. The lowest BCUT2D eigenvalue weighted by atomic mass is 9.90. The zero-order valence-electron chi connectivity index (χ0n) is 11.2. The van der Waals surface area contributed by atoms with E-state index in [1.165, 1.54) is 6.42 Å². The molecule has 1 unspecified atom stereocenters. The Morgan fingerprint density at radius 1 is 1.61 bits per heavy atom. The van der Waals surface area contributed by atoms with Crippen molar-refractivity contribution >= 4 is 5.91 Å². The average molecular weight is 250 g/mol. The molecule has 1 aromatic heterocycles. The molecule has 0 aliphatic carbocycles. The van der Waals surface area contributed by atoms with E-state index in [0.717, 1.165) is 31.4 Å². The first-order valence-corrected chi connectivity index (χ1v) is 6.61. The molecule has 0 saturated carbocycles. The lowest BCUT2D eigenvalue weighted by molar-refractivity contribution is -0.127. The summed E-state index contributed by atoms with van der Waals surface area (Å²) in [6, 6.07) is 0. The first-order valence-electron chi connectivity index (χ1n) is 6.61. The molecule has 1 saturated heterocycles. The minimum atomic E-state index is -0.382. The lowest BCUT2D eigenvalue weighted by Crippen LogP contribution is -2.57. The summed E-state index contributed by atoms with van der Waals surface area (Å²) in [4.78, 5) is 12.1. The number of aromatic nitrogens is 2. The van der Waals surface area contributed by atoms with E-state index in [9.17, 15) is 4.79 Å². The summed E-state index contributed by atoms with van der Waals surface area (Å²) in [5, 5.41) is 10.4. The van der Waals surface area contributed by atoms with Crippen molar-refractivity contribution in [3.63, 3.8) is 0 Å². The van der Waals surface area contributed by atoms with E-state index in [2.05, 4.69) is 15.7 Å². The monoisotopic (exact) mass is 250 g/mol. The van der Waals surface area contributed by atoms with Crippen LogP contribution in [0.3, 0.4) is 0 Å². The Morgan fingerprint density at radius 2 is 2.44 bits per heavy atom. The van der Waals surface area contributed by atoms with Crippen LogP contribution in [0.25, 0.3) is 0 Å². The number of rotatable bonds is 4. The SMILES string of the molecule is Cn1cc(CCNC(=O)C2(C)CCCCN2)cn1. The van der Waals surface area contributed by atoms with Crippen molar-refractivity contribution in [2.45, 2.75) is 38.1 Å². The summed E-state index contributed by atoms with van der Waals surface area (Å²) in [6.07, 6.45) is 7.86. The second-order valence-corrected chi connectivity index (χ2v) is 5.24. The molecule has 0 spiro atoms. The van der Waals surface area contributed by atoms with Crippen LogP contribution in [0.2, 0.25) is 0 Å². The molecule has 2 rings (SSSR count). The fraction of sp³-hybridized carbons (Fsp3) is 0.692. The molecule has 1 aromatic rings. The van der Waals surface area contributed by atoms with Crippen LogP contribution in [-0.2, 0) is 18.3 Å². The number of amides is 1. The molecule has 5 heteroatoms. The Morgan fingerprint density at radius 3 is 3.06 bits per heavy atom. The summed E-state index contributed by atoms with van der Waals surface area (Å²) in [5.41, 5.74) is 0.771. The van der Waals surface area contributed by atoms with E-state index in [1.54, 1.807) is 4.68 Å². The third-order valence-electron chi connectivity index (χ3n) is 3.58. The van der Waals surface area contributed by atoms with Gasteiger partial charge in [0.25, 0.3) is 0 Å². The summed E-state index contributed by atoms with van der Waals surface area (Å²) >= 11 is 0. The van der Waals surface area contributed by atoms with Crippen LogP contribution in [0, 0.1) is 0 Å². The quantitative estimate of drug-likeness (QED) is 0.823. The van der Waals surface area contributed by atoms with Gasteiger partial charge in [0.1, 0.15) is 0 Å². The lowest BCUT2D eigenvalue weighted by Gasteiger charge is -2.33. The van der Waals surface area contributed by atoms with Crippen LogP contribution in [0.1, 0.15) is 31.7 Å². The van der Waals surface area contributed by atoms with Crippen LogP contribution < -0.4 is 10.6 Å². The molecule has 1 fully saturated rings. The Bertz CT molecular complexity index is 407. The van der Waals surface area contributed by atoms with Crippen molar-refractivity contribution in [3.8, 4) is 0 Å². The van der Waals surface area contributed by atoms with E-state index in [1.807, 2.05) is 26.4 Å². The molecule has 1 atom stereocenters. The van der Waals surface area contributed by atoms with Crippen molar-refractivity contribution < 1.29 is 4.79 Å². The van der Waals surface area contributed by atoms with Gasteiger partial charge in [-0.15, -0.1) is 0 Å². The number of carbonyl (C=O) groups is 1. The number of aryl methyl sites for hydroxylation is 1. The largest absolute Gasteiger partial charge is 0.354 e. The first-order chi connectivity index (χ1) is 8.60. The topological polar surface area (TPSA) is 59.0 Å². The molecule has 1 amide bonds. The molecule has 2 heterocycles. The maximum Gasteiger partial charge on any atom is 0.240 e. The van der Waals surface area contributed by atoms with Gasteiger partial charge in [-0.25, -0.2) is 0 Å². The number of hydrogen-bond donors (Lipinski definition) is 2. The van der Waals surface area contributed by atoms with Crippen molar-refractivity contribution in [2.75, 3.05) is 13.1 Å². The Kier molecular flexibility index (Phi) is 4.01. The van der Waals surface area contributed by atoms with Gasteiger partial charge in [0, 0.05) is 19.8 Å². The number of hydrogen-bond acceptors (Lipinski definition) is 3. The normalized spacial score (nSPS) is 23.9. The van der Waals surface area contributed by atoms with E-state index < -0.39 is 0 Å². The predicted molar refractivity (Wildman–Crippen MR) is 70.2 cm³/mol. The minimum absolute atomic E-state index is 0.117. The van der Waals surface area contributed by atoms with Crippen molar-refractivity contribution in [3.05, 3.63) is 18.0 Å². The highest BCUT2D eigenvalue weighted by molar-refractivity contribution is 5.85. The fourth-order valence-electron chi connectivity index (χ4n) is 2.37. The molecule has 0 bridgehead atoms. The summed E-state index contributed by atoms with van der Waals surface area (Å²) in [7, 11) is 1.90. The molecule has 0 aromatic carbocycles. The van der Waals surface area contributed by atoms with Gasteiger partial charge in [0.05, 0.1) is 11.7 Å². The van der Waals surface area contributed by atoms with Gasteiger partial charge >= 0.3 is 0 Å². The van der Waals surface area contributed by atoms with E-state index in [4.69, 9.17) is 0 Å². The van der Waals surface area contributed by atoms with Gasteiger partial charge in [0.2, 0.25) is 5.91 Å². The highest BCUT2D eigenvalue weighted by atomic mass is 16.2. The van der Waals surface area contributed by atoms with Crippen molar-refractivity contribution in [1.82, 2.24) is 20.4 Å². The second kappa shape index (κ2) is 5.52. The maximum atomic E-state index is 12.1. The van der Waals surface area contributed by atoms with Gasteiger partial charge in [0.15, 0.2) is 0 Å². The zero-order chi connectivity index (χ0) is 13.0. The smallest absolute Gasteiger partial charge is 0.240 e. The predicted octanol–water partition coefficient (Wildman–Crippen LogP) is 0.611. The molecular weight excluding hydrogens is 228 g/mol. The molecule has 0 radical (unpaired) electrons. The summed E-state index contributed by atoms with van der Waals surface area (Å²) in [6.45, 7) is 3.60. The Balaban J connectivity index is 1.77. The van der Waals surface area contributed by atoms with Gasteiger partial charge in [-0.2, -0.15) is 5.10 Å². The molecule has 100 valence electrons. The average Bonchev–Trinajstić information content (AvgIpc) is 2.76. The van der Waals surface area contributed by atoms with Gasteiger partial charge in [-0.3, -0.25) is 9.48 Å². The molecule has 5 nitrogen and oxygen atoms in total. The molecular formula is C13H22N4O. The number of nitrogens with zero attached hydrogens (tertiary/aromatic N) is 2. The van der Waals surface area contributed by atoms with E-state index in [-0.39, 0.29) is 11.4 Å². The first kappa shape index (κ1) is 13.1. The highest BCUT2D eigenvalue weighted by Gasteiger charge is 2.33. The summed E-state index contributed by atoms with van der Waals surface area (Å²) in [5.74, 6) is 0.117. The number of nitrogens with one attached hydrogen (secondary N) is 2. The number of carbonyl (C=O) groups excluding carboxylic acids is 1. The van der Waals surface area contributed by atoms with E-state index >= 15 is 0 Å². The van der Waals surface area contributed by atoms with Crippen LogP contribution in [0.15, 0.2) is 12.4 Å². The van der Waals surface area contributed by atoms with Crippen LogP contribution in [0.4, 0.5) is 0 Å². The van der Waals surface area contributed by atoms with Crippen LogP contribution >= 0.6 is 0 Å². The standard InChI is InChI=1S/C13H22N4O/c1-13(6-3-4-7-15-13)12(18)14-8-5-11-9-16-17(2)10-11/h9-10,15H,3-8H2,1-2H3,(H,14,18). The van der Waals surface area contributed by atoms with Gasteiger partial charge < -0.3 is 10.6 Å². The Hall–Kier alpha value is -1.36. The third-order valence-corrected chi connectivity index (χ3v) is 3.58. The summed E-state index contributed by atoms with van der Waals surface area (Å²) < 4.78 is 1.78. The Labute approximate surface area is 108 Å². The van der Waals surface area contributed by atoms with E-state index in [0.29, 0.717) is 6.54 Å². The van der Waals surface area contributed by atoms with Crippen LogP contribution in [0.5, 0.6) is 0 Å². The molecule has 2 N–H and O–H groups in total. The molecule has 1 aliphatic rings. The van der Waals surface area contributed by atoms with Gasteiger partial charge in [-0.1, -0.05) is 0 Å². The molecule has 18 heavy (non-hydrogen) atoms.